The molecule has 2 N–H and O–H groups in total. The van der Waals surface area contributed by atoms with E-state index in [1.165, 1.54) is 23.1 Å². The Morgan fingerprint density at radius 1 is 0.931 bits per heavy atom. The largest absolute Gasteiger partial charge is 0.326 e. The van der Waals surface area contributed by atoms with Crippen LogP contribution in [0.15, 0.2) is 30.3 Å². The molecule has 0 bridgehead atoms. The van der Waals surface area contributed by atoms with Crippen LogP contribution >= 0.6 is 11.8 Å². The Balaban J connectivity index is 1.34. The van der Waals surface area contributed by atoms with Crippen molar-refractivity contribution in [2.24, 2.45) is 0 Å². The van der Waals surface area contributed by atoms with Crippen LogP contribution in [0.2, 0.25) is 0 Å². The van der Waals surface area contributed by atoms with Crippen LogP contribution in [0, 0.1) is 20.8 Å². The molecule has 0 heterocycles. The topological polar surface area (TPSA) is 58.2 Å². The summed E-state index contributed by atoms with van der Waals surface area (Å²) in [4.78, 5) is 24.4. The Morgan fingerprint density at radius 2 is 1.66 bits per heavy atom. The molecule has 0 atom stereocenters. The minimum Gasteiger partial charge on any atom is -0.326 e. The lowest BCUT2D eigenvalue weighted by atomic mass is 10.0. The monoisotopic (exact) mass is 410 g/mol. The van der Waals surface area contributed by atoms with E-state index in [0.717, 1.165) is 47.5 Å². The summed E-state index contributed by atoms with van der Waals surface area (Å²) in [5, 5.41) is 6.01. The van der Waals surface area contributed by atoms with E-state index in [9.17, 15) is 9.59 Å². The highest BCUT2D eigenvalue weighted by Gasteiger charge is 2.12. The van der Waals surface area contributed by atoms with E-state index < -0.39 is 0 Å². The SMILES string of the molecule is Cc1cc(C)c(NC(=O)CCCSCC(=O)Nc2ccc3c(c2)CCC3)c(C)c1. The van der Waals surface area contributed by atoms with Gasteiger partial charge in [-0.3, -0.25) is 9.59 Å². The van der Waals surface area contributed by atoms with Crippen LogP contribution < -0.4 is 10.6 Å². The van der Waals surface area contributed by atoms with E-state index in [2.05, 4.69) is 41.8 Å². The maximum Gasteiger partial charge on any atom is 0.234 e. The average Bonchev–Trinajstić information content (AvgIpc) is 3.12. The van der Waals surface area contributed by atoms with Gasteiger partial charge in [0.05, 0.1) is 5.75 Å². The summed E-state index contributed by atoms with van der Waals surface area (Å²) in [6.45, 7) is 6.10. The molecule has 2 amide bonds. The van der Waals surface area contributed by atoms with Crippen molar-refractivity contribution < 1.29 is 9.59 Å². The number of benzene rings is 2. The summed E-state index contributed by atoms with van der Waals surface area (Å²) in [6.07, 6.45) is 4.69. The molecular weight excluding hydrogens is 380 g/mol. The number of aryl methyl sites for hydroxylation is 5. The first-order chi connectivity index (χ1) is 13.9. The van der Waals surface area contributed by atoms with Gasteiger partial charge in [-0.05, 0) is 86.6 Å². The molecule has 0 saturated carbocycles. The zero-order chi connectivity index (χ0) is 20.8. The third-order valence-electron chi connectivity index (χ3n) is 5.25. The zero-order valence-electron chi connectivity index (χ0n) is 17.6. The van der Waals surface area contributed by atoms with Crippen molar-refractivity contribution >= 4 is 35.0 Å². The van der Waals surface area contributed by atoms with Gasteiger partial charge in [-0.2, -0.15) is 11.8 Å². The molecule has 0 saturated heterocycles. The highest BCUT2D eigenvalue weighted by Crippen LogP contribution is 2.25. The lowest BCUT2D eigenvalue weighted by molar-refractivity contribution is -0.116. The Kier molecular flexibility index (Phi) is 7.37. The first-order valence-corrected chi connectivity index (χ1v) is 11.4. The number of carbonyl (C=O) groups is 2. The third-order valence-corrected chi connectivity index (χ3v) is 6.29. The molecule has 1 aliphatic carbocycles. The second-order valence-electron chi connectivity index (χ2n) is 7.86. The van der Waals surface area contributed by atoms with Crippen molar-refractivity contribution in [1.29, 1.82) is 0 Å². The van der Waals surface area contributed by atoms with Crippen molar-refractivity contribution in [1.82, 2.24) is 0 Å². The van der Waals surface area contributed by atoms with E-state index in [-0.39, 0.29) is 11.8 Å². The van der Waals surface area contributed by atoms with Gasteiger partial charge in [-0.15, -0.1) is 0 Å². The quantitative estimate of drug-likeness (QED) is 0.589. The molecule has 154 valence electrons. The molecule has 0 fully saturated rings. The number of thioether (sulfide) groups is 1. The molecule has 29 heavy (non-hydrogen) atoms. The molecule has 2 aromatic carbocycles. The van der Waals surface area contributed by atoms with E-state index in [4.69, 9.17) is 0 Å². The van der Waals surface area contributed by atoms with Crippen molar-refractivity contribution in [3.05, 3.63) is 58.1 Å². The van der Waals surface area contributed by atoms with Gasteiger partial charge in [0.1, 0.15) is 0 Å². The molecule has 2 aromatic rings. The number of amides is 2. The van der Waals surface area contributed by atoms with Gasteiger partial charge in [0, 0.05) is 17.8 Å². The number of nitrogens with one attached hydrogen (secondary N) is 2. The summed E-state index contributed by atoms with van der Waals surface area (Å²) in [5.74, 6) is 1.25. The van der Waals surface area contributed by atoms with Crippen LogP contribution in [-0.2, 0) is 22.4 Å². The number of hydrogen-bond donors (Lipinski definition) is 2. The fourth-order valence-corrected chi connectivity index (χ4v) is 4.68. The van der Waals surface area contributed by atoms with Crippen LogP contribution in [0.4, 0.5) is 11.4 Å². The second kappa shape index (κ2) is 9.97. The van der Waals surface area contributed by atoms with E-state index in [0.29, 0.717) is 12.2 Å². The van der Waals surface area contributed by atoms with Crippen LogP contribution in [0.5, 0.6) is 0 Å². The molecule has 4 nitrogen and oxygen atoms in total. The minimum absolute atomic E-state index is 0.0169. The van der Waals surface area contributed by atoms with Gasteiger partial charge >= 0.3 is 0 Å². The number of carbonyl (C=O) groups excluding carboxylic acids is 2. The predicted octanol–water partition coefficient (Wildman–Crippen LogP) is 5.19. The molecule has 3 rings (SSSR count). The lowest BCUT2D eigenvalue weighted by Crippen LogP contribution is -2.15. The third kappa shape index (κ3) is 6.10. The highest BCUT2D eigenvalue weighted by molar-refractivity contribution is 7.99. The predicted molar refractivity (Wildman–Crippen MR) is 123 cm³/mol. The Labute approximate surface area is 177 Å². The lowest BCUT2D eigenvalue weighted by Gasteiger charge is -2.12. The standard InChI is InChI=1S/C24H30N2O2S/c1-16-12-17(2)24(18(3)13-16)26-22(27)8-5-11-29-15-23(28)25-21-10-9-19-6-4-7-20(19)14-21/h9-10,12-14H,4-8,11,15H2,1-3H3,(H,25,28)(H,26,27). The fraction of sp³-hybridized carbons (Fsp3) is 0.417. The molecule has 5 heteroatoms. The Hall–Kier alpha value is -2.27. The number of hydrogen-bond acceptors (Lipinski definition) is 3. The smallest absolute Gasteiger partial charge is 0.234 e. The minimum atomic E-state index is 0.0169. The summed E-state index contributed by atoms with van der Waals surface area (Å²) in [6, 6.07) is 10.4. The maximum atomic E-state index is 12.2. The number of rotatable bonds is 8. The zero-order valence-corrected chi connectivity index (χ0v) is 18.4. The van der Waals surface area contributed by atoms with Gasteiger partial charge in [0.2, 0.25) is 11.8 Å². The molecule has 0 aliphatic heterocycles. The van der Waals surface area contributed by atoms with Crippen molar-refractivity contribution in [2.75, 3.05) is 22.1 Å². The highest BCUT2D eigenvalue weighted by atomic mass is 32.2. The summed E-state index contributed by atoms with van der Waals surface area (Å²) < 4.78 is 0. The molecular formula is C24H30N2O2S. The Bertz CT molecular complexity index is 885. The first kappa shape index (κ1) is 21.4. The van der Waals surface area contributed by atoms with Gasteiger partial charge in [-0.25, -0.2) is 0 Å². The molecule has 0 unspecified atom stereocenters. The summed E-state index contributed by atoms with van der Waals surface area (Å²) in [5.41, 5.74) is 7.96. The summed E-state index contributed by atoms with van der Waals surface area (Å²) in [7, 11) is 0. The normalized spacial score (nSPS) is 12.5. The molecule has 0 aromatic heterocycles. The molecule has 1 aliphatic rings. The maximum absolute atomic E-state index is 12.2. The second-order valence-corrected chi connectivity index (χ2v) is 8.97. The van der Waals surface area contributed by atoms with E-state index >= 15 is 0 Å². The fourth-order valence-electron chi connectivity index (χ4n) is 3.93. The van der Waals surface area contributed by atoms with E-state index in [1.807, 2.05) is 19.9 Å². The van der Waals surface area contributed by atoms with Gasteiger partial charge < -0.3 is 10.6 Å². The average molecular weight is 411 g/mol. The van der Waals surface area contributed by atoms with Gasteiger partial charge in [0.25, 0.3) is 0 Å². The van der Waals surface area contributed by atoms with Crippen LogP contribution in [-0.4, -0.2) is 23.3 Å². The first-order valence-electron chi connectivity index (χ1n) is 10.3. The number of fused-ring (bicyclic) bond motifs is 1. The van der Waals surface area contributed by atoms with Crippen molar-refractivity contribution in [3.8, 4) is 0 Å². The van der Waals surface area contributed by atoms with Crippen LogP contribution in [0.3, 0.4) is 0 Å². The van der Waals surface area contributed by atoms with Crippen LogP contribution in [0.25, 0.3) is 0 Å². The molecule has 0 spiro atoms. The number of anilines is 2. The van der Waals surface area contributed by atoms with Crippen molar-refractivity contribution in [2.45, 2.75) is 52.9 Å². The van der Waals surface area contributed by atoms with Gasteiger partial charge in [0.15, 0.2) is 0 Å². The van der Waals surface area contributed by atoms with Crippen molar-refractivity contribution in [3.63, 3.8) is 0 Å². The van der Waals surface area contributed by atoms with Gasteiger partial charge in [-0.1, -0.05) is 23.8 Å². The van der Waals surface area contributed by atoms with Crippen LogP contribution in [0.1, 0.15) is 47.1 Å². The van der Waals surface area contributed by atoms with E-state index in [1.54, 1.807) is 11.8 Å². The Morgan fingerprint density at radius 3 is 2.41 bits per heavy atom. The molecule has 0 radical (unpaired) electrons. The summed E-state index contributed by atoms with van der Waals surface area (Å²) >= 11 is 1.57.